The van der Waals surface area contributed by atoms with E-state index in [1.165, 1.54) is 4.90 Å². The van der Waals surface area contributed by atoms with Crippen LogP contribution in [0.1, 0.15) is 17.7 Å². The van der Waals surface area contributed by atoms with Crippen LogP contribution in [-0.2, 0) is 33.7 Å². The minimum atomic E-state index is -0.560. The maximum atomic E-state index is 13.2. The summed E-state index contributed by atoms with van der Waals surface area (Å²) in [6.45, 7) is 8.04. The molecule has 3 aromatic rings. The molecule has 0 saturated heterocycles. The molecule has 0 aliphatic carbocycles. The molecule has 0 atom stereocenters. The first kappa shape index (κ1) is 24.6. The van der Waals surface area contributed by atoms with Crippen molar-refractivity contribution in [3.05, 3.63) is 102 Å². The van der Waals surface area contributed by atoms with Gasteiger partial charge in [0.05, 0.1) is 17.5 Å². The van der Waals surface area contributed by atoms with Crippen LogP contribution in [0.4, 0.5) is 0 Å². The third kappa shape index (κ3) is 6.51. The molecule has 34 heavy (non-hydrogen) atoms. The molecule has 0 fully saturated rings. The number of hydrogen-bond donors (Lipinski definition) is 0. The first-order chi connectivity index (χ1) is 16.5. The summed E-state index contributed by atoms with van der Waals surface area (Å²) >= 11 is 0. The average molecular weight is 460 g/mol. The first-order valence-electron chi connectivity index (χ1n) is 11.2. The highest BCUT2D eigenvalue weighted by Crippen LogP contribution is 2.12. The van der Waals surface area contributed by atoms with Gasteiger partial charge in [0.25, 0.3) is 11.5 Å². The number of hydrogen-bond acceptors (Lipinski definition) is 5. The van der Waals surface area contributed by atoms with Gasteiger partial charge >= 0.3 is 5.97 Å². The monoisotopic (exact) mass is 459 g/mol. The normalized spacial score (nSPS) is 10.6. The van der Waals surface area contributed by atoms with E-state index < -0.39 is 5.97 Å². The molecule has 0 radical (unpaired) electrons. The fourth-order valence-electron chi connectivity index (χ4n) is 3.63. The van der Waals surface area contributed by atoms with Gasteiger partial charge in [0.2, 0.25) is 0 Å². The van der Waals surface area contributed by atoms with Crippen molar-refractivity contribution in [2.24, 2.45) is 0 Å². The summed E-state index contributed by atoms with van der Waals surface area (Å²) in [5, 5.41) is 0. The summed E-state index contributed by atoms with van der Waals surface area (Å²) in [6, 6.07) is 17.4. The zero-order valence-electron chi connectivity index (χ0n) is 19.2. The minimum Gasteiger partial charge on any atom is -0.456 e. The van der Waals surface area contributed by atoms with E-state index in [9.17, 15) is 14.4 Å². The third-order valence-electron chi connectivity index (χ3n) is 5.36. The summed E-state index contributed by atoms with van der Waals surface area (Å²) in [5.74, 6) is -0.893. The van der Waals surface area contributed by atoms with Crippen LogP contribution in [-0.4, -0.2) is 46.0 Å². The van der Waals surface area contributed by atoms with Gasteiger partial charge in [-0.1, -0.05) is 54.6 Å². The maximum absolute atomic E-state index is 13.2. The van der Waals surface area contributed by atoms with Crippen LogP contribution in [0.15, 0.2) is 84.7 Å². The summed E-state index contributed by atoms with van der Waals surface area (Å²) in [7, 11) is 0. The lowest BCUT2D eigenvalue weighted by Crippen LogP contribution is -2.35. The molecule has 7 heteroatoms. The number of benzene rings is 2. The van der Waals surface area contributed by atoms with Crippen molar-refractivity contribution in [3.8, 4) is 0 Å². The van der Waals surface area contributed by atoms with Gasteiger partial charge in [0.1, 0.15) is 5.69 Å². The summed E-state index contributed by atoms with van der Waals surface area (Å²) in [5.41, 5.74) is 2.66. The second kappa shape index (κ2) is 12.3. The first-order valence-corrected chi connectivity index (χ1v) is 11.2. The van der Waals surface area contributed by atoms with Crippen LogP contribution in [0, 0.1) is 0 Å². The SMILES string of the molecule is C=CCN(CC=C)C(=O)COC(=O)CCc1nc2ccccc2n(CCc2ccccc2)c1=O. The Morgan fingerprint density at radius 1 is 0.971 bits per heavy atom. The van der Waals surface area contributed by atoms with Crippen molar-refractivity contribution in [1.29, 1.82) is 0 Å². The molecule has 2 aromatic carbocycles. The number of ether oxygens (including phenoxy) is 1. The quantitative estimate of drug-likeness (QED) is 0.307. The molecule has 0 spiro atoms. The fourth-order valence-corrected chi connectivity index (χ4v) is 3.63. The lowest BCUT2D eigenvalue weighted by Gasteiger charge is -2.18. The molecule has 3 rings (SSSR count). The fraction of sp³-hybridized carbons (Fsp3) is 0.259. The van der Waals surface area contributed by atoms with Crippen LogP contribution >= 0.6 is 0 Å². The van der Waals surface area contributed by atoms with Crippen LogP contribution in [0.25, 0.3) is 11.0 Å². The lowest BCUT2D eigenvalue weighted by molar-refractivity contribution is -0.151. The molecule has 1 amide bonds. The van der Waals surface area contributed by atoms with E-state index in [2.05, 4.69) is 18.1 Å². The van der Waals surface area contributed by atoms with Gasteiger partial charge in [-0.15, -0.1) is 13.2 Å². The van der Waals surface area contributed by atoms with E-state index in [0.717, 1.165) is 11.1 Å². The van der Waals surface area contributed by atoms with Gasteiger partial charge in [0, 0.05) is 26.1 Å². The second-order valence-corrected chi connectivity index (χ2v) is 7.78. The van der Waals surface area contributed by atoms with Gasteiger partial charge in [-0.05, 0) is 24.1 Å². The molecule has 1 aromatic heterocycles. The second-order valence-electron chi connectivity index (χ2n) is 7.78. The van der Waals surface area contributed by atoms with Gasteiger partial charge in [0.15, 0.2) is 6.61 Å². The van der Waals surface area contributed by atoms with Crippen LogP contribution in [0.5, 0.6) is 0 Å². The molecule has 1 heterocycles. The van der Waals surface area contributed by atoms with E-state index in [1.807, 2.05) is 54.6 Å². The number of nitrogens with zero attached hydrogens (tertiary/aromatic N) is 3. The number of aryl methyl sites for hydroxylation is 3. The Bertz CT molecular complexity index is 1210. The Labute approximate surface area is 199 Å². The Hall–Kier alpha value is -4.00. The molecule has 0 aliphatic heterocycles. The summed E-state index contributed by atoms with van der Waals surface area (Å²) in [6.07, 6.45) is 3.97. The average Bonchev–Trinajstić information content (AvgIpc) is 2.86. The molecule has 7 nitrogen and oxygen atoms in total. The summed E-state index contributed by atoms with van der Waals surface area (Å²) in [4.78, 5) is 43.6. The zero-order valence-corrected chi connectivity index (χ0v) is 19.2. The highest BCUT2D eigenvalue weighted by atomic mass is 16.5. The van der Waals surface area contributed by atoms with E-state index in [0.29, 0.717) is 37.3 Å². The summed E-state index contributed by atoms with van der Waals surface area (Å²) < 4.78 is 6.84. The van der Waals surface area contributed by atoms with Crippen molar-refractivity contribution in [2.75, 3.05) is 19.7 Å². The highest BCUT2D eigenvalue weighted by molar-refractivity contribution is 5.81. The number of carbonyl (C=O) groups excluding carboxylic acids is 2. The van der Waals surface area contributed by atoms with Crippen LogP contribution in [0.2, 0.25) is 0 Å². The van der Waals surface area contributed by atoms with Gasteiger partial charge in [-0.2, -0.15) is 0 Å². The number of amides is 1. The van der Waals surface area contributed by atoms with E-state index in [4.69, 9.17) is 4.74 Å². The standard InChI is InChI=1S/C27H29N3O4/c1-3-17-29(18-4-2)25(31)20-34-26(32)15-14-23-27(33)30(19-16-21-10-6-5-7-11-21)24-13-9-8-12-22(24)28-23/h3-13H,1-2,14-20H2. The van der Waals surface area contributed by atoms with Gasteiger partial charge in [-0.3, -0.25) is 14.4 Å². The Morgan fingerprint density at radius 2 is 1.65 bits per heavy atom. The van der Waals surface area contributed by atoms with E-state index >= 15 is 0 Å². The minimum absolute atomic E-state index is 0.0462. The Morgan fingerprint density at radius 3 is 2.35 bits per heavy atom. The number of carbonyl (C=O) groups is 2. The van der Waals surface area contributed by atoms with E-state index in [-0.39, 0.29) is 30.9 Å². The lowest BCUT2D eigenvalue weighted by atomic mass is 10.1. The largest absolute Gasteiger partial charge is 0.456 e. The number of para-hydroxylation sites is 2. The topological polar surface area (TPSA) is 81.5 Å². The number of rotatable bonds is 12. The Balaban J connectivity index is 1.68. The van der Waals surface area contributed by atoms with Crippen molar-refractivity contribution >= 4 is 22.9 Å². The van der Waals surface area contributed by atoms with Gasteiger partial charge in [-0.25, -0.2) is 4.98 Å². The smallest absolute Gasteiger partial charge is 0.306 e. The molecule has 176 valence electrons. The molecular formula is C27H29N3O4. The Kier molecular flexibility index (Phi) is 8.91. The molecule has 0 saturated carbocycles. The van der Waals surface area contributed by atoms with Crippen molar-refractivity contribution < 1.29 is 14.3 Å². The van der Waals surface area contributed by atoms with Crippen molar-refractivity contribution in [2.45, 2.75) is 25.8 Å². The maximum Gasteiger partial charge on any atom is 0.306 e. The number of fused-ring (bicyclic) bond motifs is 1. The van der Waals surface area contributed by atoms with Gasteiger partial charge < -0.3 is 14.2 Å². The molecular weight excluding hydrogens is 430 g/mol. The molecule has 0 N–H and O–H groups in total. The molecule has 0 unspecified atom stereocenters. The number of esters is 1. The van der Waals surface area contributed by atoms with E-state index in [1.54, 1.807) is 16.7 Å². The predicted molar refractivity (Wildman–Crippen MR) is 132 cm³/mol. The van der Waals surface area contributed by atoms with Crippen molar-refractivity contribution in [3.63, 3.8) is 0 Å². The third-order valence-corrected chi connectivity index (χ3v) is 5.36. The number of aromatic nitrogens is 2. The molecule has 0 bridgehead atoms. The zero-order chi connectivity index (χ0) is 24.3. The highest BCUT2D eigenvalue weighted by Gasteiger charge is 2.16. The predicted octanol–water partition coefficient (Wildman–Crippen LogP) is 3.32. The molecule has 0 aliphatic rings. The van der Waals surface area contributed by atoms with Crippen molar-refractivity contribution in [1.82, 2.24) is 14.5 Å². The van der Waals surface area contributed by atoms with Crippen LogP contribution < -0.4 is 5.56 Å². The van der Waals surface area contributed by atoms with Crippen LogP contribution in [0.3, 0.4) is 0 Å².